The van der Waals surface area contributed by atoms with Gasteiger partial charge in [0.05, 0.1) is 13.7 Å². The largest absolute Gasteiger partial charge is 0.505 e. The third-order valence-corrected chi connectivity index (χ3v) is 1.62. The van der Waals surface area contributed by atoms with Gasteiger partial charge in [-0.05, 0) is 0 Å². The molecule has 1 aromatic rings. The number of rotatable bonds is 3. The van der Waals surface area contributed by atoms with E-state index in [1.54, 1.807) is 0 Å². The summed E-state index contributed by atoms with van der Waals surface area (Å²) in [7, 11) is 1.25. The van der Waals surface area contributed by atoms with Crippen molar-refractivity contribution in [2.75, 3.05) is 7.11 Å². The SMILES string of the molecule is CONCc1c(F)c(O)cc(F)c1F. The fourth-order valence-corrected chi connectivity index (χ4v) is 0.941. The van der Waals surface area contributed by atoms with E-state index in [9.17, 15) is 13.2 Å². The number of aromatic hydroxyl groups is 1. The minimum Gasteiger partial charge on any atom is -0.505 e. The normalized spacial score (nSPS) is 10.6. The Hall–Kier alpha value is -1.27. The lowest BCUT2D eigenvalue weighted by atomic mass is 10.2. The van der Waals surface area contributed by atoms with Crippen LogP contribution in [0.3, 0.4) is 0 Å². The van der Waals surface area contributed by atoms with E-state index in [1.807, 2.05) is 0 Å². The summed E-state index contributed by atoms with van der Waals surface area (Å²) in [5, 5.41) is 8.85. The number of hydrogen-bond donors (Lipinski definition) is 2. The Morgan fingerprint density at radius 1 is 1.36 bits per heavy atom. The van der Waals surface area contributed by atoms with Crippen molar-refractivity contribution in [2.45, 2.75) is 6.54 Å². The quantitative estimate of drug-likeness (QED) is 0.582. The monoisotopic (exact) mass is 207 g/mol. The maximum Gasteiger partial charge on any atom is 0.172 e. The highest BCUT2D eigenvalue weighted by molar-refractivity contribution is 5.32. The topological polar surface area (TPSA) is 41.5 Å². The van der Waals surface area contributed by atoms with E-state index in [0.717, 1.165) is 0 Å². The standard InChI is InChI=1S/C8H8F3NO2/c1-14-12-3-4-7(10)5(9)2-6(13)8(4)11/h2,12-13H,3H2,1H3. The van der Waals surface area contributed by atoms with Gasteiger partial charge >= 0.3 is 0 Å². The molecule has 1 rings (SSSR count). The first kappa shape index (κ1) is 10.8. The minimum absolute atomic E-state index is 0.376. The summed E-state index contributed by atoms with van der Waals surface area (Å²) in [6.07, 6.45) is 0. The maximum absolute atomic E-state index is 13.0. The van der Waals surface area contributed by atoms with Gasteiger partial charge < -0.3 is 9.94 Å². The van der Waals surface area contributed by atoms with Crippen LogP contribution in [0.15, 0.2) is 6.07 Å². The van der Waals surface area contributed by atoms with Gasteiger partial charge in [-0.25, -0.2) is 13.2 Å². The smallest absolute Gasteiger partial charge is 0.172 e. The van der Waals surface area contributed by atoms with Crippen molar-refractivity contribution in [2.24, 2.45) is 0 Å². The van der Waals surface area contributed by atoms with E-state index in [1.165, 1.54) is 7.11 Å². The molecule has 78 valence electrons. The highest BCUT2D eigenvalue weighted by Crippen LogP contribution is 2.24. The number of nitrogens with one attached hydrogen (secondary N) is 1. The highest BCUT2D eigenvalue weighted by Gasteiger charge is 2.17. The first-order chi connectivity index (χ1) is 6.57. The first-order valence-electron chi connectivity index (χ1n) is 3.69. The second kappa shape index (κ2) is 4.30. The fourth-order valence-electron chi connectivity index (χ4n) is 0.941. The van der Waals surface area contributed by atoms with E-state index in [0.29, 0.717) is 6.07 Å². The van der Waals surface area contributed by atoms with Gasteiger partial charge in [-0.1, -0.05) is 0 Å². The Kier molecular flexibility index (Phi) is 3.32. The molecular weight excluding hydrogens is 199 g/mol. The number of halogens is 3. The van der Waals surface area contributed by atoms with Crippen molar-refractivity contribution in [1.82, 2.24) is 5.48 Å². The Bertz CT molecular complexity index is 318. The van der Waals surface area contributed by atoms with Crippen molar-refractivity contribution in [1.29, 1.82) is 0 Å². The maximum atomic E-state index is 13.0. The summed E-state index contributed by atoms with van der Waals surface area (Å²) in [4.78, 5) is 4.35. The molecule has 1 aromatic carbocycles. The molecule has 3 nitrogen and oxygen atoms in total. The molecule has 0 atom stereocenters. The third-order valence-electron chi connectivity index (χ3n) is 1.62. The Morgan fingerprint density at radius 2 is 2.00 bits per heavy atom. The molecule has 0 saturated carbocycles. The first-order valence-corrected chi connectivity index (χ1v) is 3.69. The van der Waals surface area contributed by atoms with Gasteiger partial charge in [-0.2, -0.15) is 5.48 Å². The molecule has 0 aliphatic carbocycles. The van der Waals surface area contributed by atoms with Crippen LogP contribution in [0.1, 0.15) is 5.56 Å². The van der Waals surface area contributed by atoms with Crippen LogP contribution >= 0.6 is 0 Å². The van der Waals surface area contributed by atoms with Crippen LogP contribution in [0, 0.1) is 17.5 Å². The fraction of sp³-hybridized carbons (Fsp3) is 0.250. The van der Waals surface area contributed by atoms with Crippen LogP contribution in [0.25, 0.3) is 0 Å². The summed E-state index contributed by atoms with van der Waals surface area (Å²) in [5.41, 5.74) is 1.54. The Balaban J connectivity index is 3.11. The predicted octanol–water partition coefficient (Wildman–Crippen LogP) is 1.46. The van der Waals surface area contributed by atoms with Crippen LogP contribution in [0.4, 0.5) is 13.2 Å². The van der Waals surface area contributed by atoms with Crippen molar-refractivity contribution in [3.63, 3.8) is 0 Å². The highest BCUT2D eigenvalue weighted by atomic mass is 19.2. The third kappa shape index (κ3) is 1.97. The molecule has 0 spiro atoms. The Morgan fingerprint density at radius 3 is 2.57 bits per heavy atom. The van der Waals surface area contributed by atoms with Gasteiger partial charge in [0.1, 0.15) is 0 Å². The minimum atomic E-state index is -1.34. The zero-order chi connectivity index (χ0) is 10.7. The van der Waals surface area contributed by atoms with Gasteiger partial charge in [0.25, 0.3) is 0 Å². The summed E-state index contributed by atoms with van der Waals surface area (Å²) in [6, 6.07) is 0.376. The number of hydroxylamine groups is 1. The summed E-state index contributed by atoms with van der Waals surface area (Å²) in [5.74, 6) is -4.79. The molecule has 0 saturated heterocycles. The summed E-state index contributed by atoms with van der Waals surface area (Å²) >= 11 is 0. The summed E-state index contributed by atoms with van der Waals surface area (Å²) < 4.78 is 38.6. The van der Waals surface area contributed by atoms with Crippen LogP contribution in [-0.2, 0) is 11.4 Å². The molecule has 2 N–H and O–H groups in total. The van der Waals surface area contributed by atoms with E-state index < -0.39 is 28.8 Å². The molecule has 6 heteroatoms. The van der Waals surface area contributed by atoms with Crippen LogP contribution < -0.4 is 5.48 Å². The molecule has 14 heavy (non-hydrogen) atoms. The van der Waals surface area contributed by atoms with Crippen LogP contribution in [0.5, 0.6) is 5.75 Å². The van der Waals surface area contributed by atoms with E-state index >= 15 is 0 Å². The van der Waals surface area contributed by atoms with Gasteiger partial charge in [0, 0.05) is 11.6 Å². The lowest BCUT2D eigenvalue weighted by molar-refractivity contribution is 0.0847. The molecule has 0 bridgehead atoms. The van der Waals surface area contributed by atoms with Crippen molar-refractivity contribution in [3.8, 4) is 5.75 Å². The lowest BCUT2D eigenvalue weighted by Crippen LogP contribution is -2.14. The van der Waals surface area contributed by atoms with Crippen molar-refractivity contribution < 1.29 is 23.1 Å². The number of phenolic OH excluding ortho intramolecular Hbond substituents is 1. The zero-order valence-electron chi connectivity index (χ0n) is 7.27. The molecule has 0 amide bonds. The zero-order valence-corrected chi connectivity index (χ0v) is 7.27. The van der Waals surface area contributed by atoms with Crippen LogP contribution in [-0.4, -0.2) is 12.2 Å². The van der Waals surface area contributed by atoms with E-state index in [2.05, 4.69) is 10.3 Å². The molecule has 0 radical (unpaired) electrons. The second-order valence-corrected chi connectivity index (χ2v) is 2.51. The molecule has 0 aliphatic heterocycles. The van der Waals surface area contributed by atoms with Crippen molar-refractivity contribution >= 4 is 0 Å². The van der Waals surface area contributed by atoms with Crippen molar-refractivity contribution in [3.05, 3.63) is 29.1 Å². The molecule has 0 fully saturated rings. The number of benzene rings is 1. The van der Waals surface area contributed by atoms with Gasteiger partial charge in [0.15, 0.2) is 23.2 Å². The molecular formula is C8H8F3NO2. The van der Waals surface area contributed by atoms with E-state index in [-0.39, 0.29) is 6.54 Å². The number of phenols is 1. The molecule has 0 unspecified atom stereocenters. The average molecular weight is 207 g/mol. The second-order valence-electron chi connectivity index (χ2n) is 2.51. The Labute approximate surface area is 78.1 Å². The van der Waals surface area contributed by atoms with Gasteiger partial charge in [-0.3, -0.25) is 0 Å². The molecule has 0 aliphatic rings. The molecule has 0 heterocycles. The van der Waals surface area contributed by atoms with Gasteiger partial charge in [0.2, 0.25) is 0 Å². The molecule has 0 aromatic heterocycles. The number of hydrogen-bond acceptors (Lipinski definition) is 3. The predicted molar refractivity (Wildman–Crippen MR) is 41.8 cm³/mol. The van der Waals surface area contributed by atoms with Crippen LogP contribution in [0.2, 0.25) is 0 Å². The lowest BCUT2D eigenvalue weighted by Gasteiger charge is -2.07. The van der Waals surface area contributed by atoms with Gasteiger partial charge in [-0.15, -0.1) is 0 Å². The summed E-state index contributed by atoms with van der Waals surface area (Å²) in [6.45, 7) is -0.376. The van der Waals surface area contributed by atoms with E-state index in [4.69, 9.17) is 5.11 Å². The average Bonchev–Trinajstić information content (AvgIpc) is 2.15.